The van der Waals surface area contributed by atoms with Crippen LogP contribution in [0.2, 0.25) is 0 Å². The summed E-state index contributed by atoms with van der Waals surface area (Å²) in [6.45, 7) is 0. The Hall–Kier alpha value is -1.23. The second-order valence-electron chi connectivity index (χ2n) is 5.80. The lowest BCUT2D eigenvalue weighted by Crippen LogP contribution is -2.16. The van der Waals surface area contributed by atoms with Crippen molar-refractivity contribution in [3.8, 4) is 0 Å². The molecule has 2 fully saturated rings. The molecular weight excluding hydrogens is 266 g/mol. The number of hydrogen-bond acceptors (Lipinski definition) is 1. The smallest absolute Gasteiger partial charge is 0.184 e. The van der Waals surface area contributed by atoms with Crippen molar-refractivity contribution in [3.63, 3.8) is 0 Å². The summed E-state index contributed by atoms with van der Waals surface area (Å²) in [7, 11) is 0. The molecule has 3 atom stereocenters. The lowest BCUT2D eigenvalue weighted by molar-refractivity contribution is 0.331. The minimum atomic E-state index is -0.807. The molecule has 1 heterocycles. The van der Waals surface area contributed by atoms with Crippen LogP contribution in [-0.2, 0) is 0 Å². The van der Waals surface area contributed by atoms with Crippen LogP contribution in [0.1, 0.15) is 31.7 Å². The van der Waals surface area contributed by atoms with Crippen molar-refractivity contribution in [2.75, 3.05) is 0 Å². The van der Waals surface area contributed by atoms with Crippen molar-refractivity contribution >= 4 is 23.3 Å². The number of aromatic amines is 1. The van der Waals surface area contributed by atoms with Crippen molar-refractivity contribution < 1.29 is 8.78 Å². The van der Waals surface area contributed by atoms with E-state index in [2.05, 4.69) is 4.98 Å². The molecule has 2 saturated carbocycles. The van der Waals surface area contributed by atoms with Crippen LogP contribution in [0.15, 0.2) is 12.1 Å². The third-order valence-electron chi connectivity index (χ3n) is 4.80. The van der Waals surface area contributed by atoms with Crippen LogP contribution in [0, 0.1) is 28.2 Å². The van der Waals surface area contributed by atoms with Gasteiger partial charge in [0, 0.05) is 6.04 Å². The molecule has 2 aliphatic rings. The highest BCUT2D eigenvalue weighted by molar-refractivity contribution is 7.71. The van der Waals surface area contributed by atoms with Crippen LogP contribution in [0.25, 0.3) is 11.0 Å². The molecular formula is C14H14F2N2S. The molecule has 0 saturated heterocycles. The Morgan fingerprint density at radius 2 is 2.05 bits per heavy atom. The maximum atomic E-state index is 14.1. The van der Waals surface area contributed by atoms with Gasteiger partial charge in [-0.15, -0.1) is 0 Å². The van der Waals surface area contributed by atoms with E-state index in [4.69, 9.17) is 12.2 Å². The SMILES string of the molecule is Fc1ccc2[nH]c(=S)n(C3CC4CCC3C4)c2c1F. The predicted molar refractivity (Wildman–Crippen MR) is 71.5 cm³/mol. The van der Waals surface area contributed by atoms with Crippen LogP contribution in [0.4, 0.5) is 8.78 Å². The average Bonchev–Trinajstić information content (AvgIpc) is 3.06. The van der Waals surface area contributed by atoms with Gasteiger partial charge in [0.2, 0.25) is 0 Å². The van der Waals surface area contributed by atoms with Crippen LogP contribution in [0.5, 0.6) is 0 Å². The Morgan fingerprint density at radius 1 is 1.21 bits per heavy atom. The van der Waals surface area contributed by atoms with Crippen LogP contribution in [0.3, 0.4) is 0 Å². The first-order valence-electron chi connectivity index (χ1n) is 6.73. The Labute approximate surface area is 114 Å². The van der Waals surface area contributed by atoms with Gasteiger partial charge in [0.15, 0.2) is 16.4 Å². The number of nitrogens with zero attached hydrogens (tertiary/aromatic N) is 1. The molecule has 4 rings (SSSR count). The monoisotopic (exact) mass is 280 g/mol. The fraction of sp³-hybridized carbons (Fsp3) is 0.500. The Balaban J connectivity index is 1.96. The predicted octanol–water partition coefficient (Wildman–Crippen LogP) is 4.34. The number of rotatable bonds is 1. The van der Waals surface area contributed by atoms with E-state index in [1.165, 1.54) is 19.3 Å². The van der Waals surface area contributed by atoms with Crippen LogP contribution < -0.4 is 0 Å². The van der Waals surface area contributed by atoms with E-state index in [-0.39, 0.29) is 6.04 Å². The summed E-state index contributed by atoms with van der Waals surface area (Å²) in [5.74, 6) is -0.289. The summed E-state index contributed by atoms with van der Waals surface area (Å²) in [5.41, 5.74) is 0.897. The lowest BCUT2D eigenvalue weighted by atomic mass is 9.95. The minimum Gasteiger partial charge on any atom is -0.330 e. The zero-order valence-corrected chi connectivity index (χ0v) is 11.1. The van der Waals surface area contributed by atoms with Crippen LogP contribution >= 0.6 is 12.2 Å². The zero-order chi connectivity index (χ0) is 13.1. The van der Waals surface area contributed by atoms with E-state index in [1.807, 2.05) is 4.57 Å². The van der Waals surface area contributed by atoms with Gasteiger partial charge in [0.05, 0.1) is 5.52 Å². The number of halogens is 2. The maximum absolute atomic E-state index is 14.1. The molecule has 0 radical (unpaired) electrons. The van der Waals surface area contributed by atoms with Gasteiger partial charge in [-0.3, -0.25) is 0 Å². The fourth-order valence-corrected chi connectivity index (χ4v) is 4.33. The molecule has 19 heavy (non-hydrogen) atoms. The molecule has 0 spiro atoms. The highest BCUT2D eigenvalue weighted by atomic mass is 32.1. The molecule has 1 N–H and O–H groups in total. The van der Waals surface area contributed by atoms with Crippen LogP contribution in [-0.4, -0.2) is 9.55 Å². The second kappa shape index (κ2) is 3.88. The first-order valence-corrected chi connectivity index (χ1v) is 7.14. The van der Waals surface area contributed by atoms with Gasteiger partial charge in [-0.2, -0.15) is 0 Å². The second-order valence-corrected chi connectivity index (χ2v) is 6.19. The van der Waals surface area contributed by atoms with Crippen molar-refractivity contribution in [2.24, 2.45) is 11.8 Å². The topological polar surface area (TPSA) is 20.7 Å². The number of hydrogen-bond donors (Lipinski definition) is 1. The van der Waals surface area contributed by atoms with E-state index in [9.17, 15) is 8.78 Å². The standard InChI is InChI=1S/C14H14F2N2S/c15-9-3-4-10-13(12(9)16)18(14(19)17-10)11-6-7-1-2-8(11)5-7/h3-4,7-8,11H,1-2,5-6H2,(H,17,19). The number of benzene rings is 1. The summed E-state index contributed by atoms with van der Waals surface area (Å²) < 4.78 is 29.9. The van der Waals surface area contributed by atoms with E-state index < -0.39 is 11.6 Å². The van der Waals surface area contributed by atoms with Gasteiger partial charge < -0.3 is 9.55 Å². The third kappa shape index (κ3) is 1.54. The molecule has 1 aromatic heterocycles. The van der Waals surface area contributed by atoms with Gasteiger partial charge in [-0.25, -0.2) is 8.78 Å². The molecule has 0 aliphatic heterocycles. The lowest BCUT2D eigenvalue weighted by Gasteiger charge is -2.24. The number of aromatic nitrogens is 2. The summed E-state index contributed by atoms with van der Waals surface area (Å²) in [5, 5.41) is 0. The van der Waals surface area contributed by atoms with Gasteiger partial charge in [0.1, 0.15) is 5.52 Å². The Morgan fingerprint density at radius 3 is 2.74 bits per heavy atom. The fourth-order valence-electron chi connectivity index (χ4n) is 4.00. The Kier molecular flexibility index (Phi) is 2.37. The highest BCUT2D eigenvalue weighted by Gasteiger charge is 2.41. The van der Waals surface area contributed by atoms with Crippen molar-refractivity contribution in [2.45, 2.75) is 31.7 Å². The molecule has 5 heteroatoms. The van der Waals surface area contributed by atoms with Crippen molar-refractivity contribution in [1.29, 1.82) is 0 Å². The molecule has 2 bridgehead atoms. The van der Waals surface area contributed by atoms with E-state index in [1.54, 1.807) is 6.07 Å². The summed E-state index contributed by atoms with van der Waals surface area (Å²) in [6, 6.07) is 2.94. The van der Waals surface area contributed by atoms with E-state index in [0.717, 1.165) is 18.4 Å². The minimum absolute atomic E-state index is 0.233. The average molecular weight is 280 g/mol. The first-order chi connectivity index (χ1) is 9.15. The van der Waals surface area contributed by atoms with Gasteiger partial charge in [-0.05, 0) is 55.4 Å². The maximum Gasteiger partial charge on any atom is 0.184 e. The molecule has 2 aromatic rings. The van der Waals surface area contributed by atoms with Gasteiger partial charge in [0.25, 0.3) is 0 Å². The number of fused-ring (bicyclic) bond motifs is 3. The summed E-state index contributed by atoms with van der Waals surface area (Å²) >= 11 is 5.33. The normalized spacial score (nSPS) is 29.5. The molecule has 2 nitrogen and oxygen atoms in total. The number of H-pyrrole nitrogens is 1. The summed E-state index contributed by atoms with van der Waals surface area (Å²) in [4.78, 5) is 3.00. The van der Waals surface area contributed by atoms with E-state index >= 15 is 0 Å². The van der Waals surface area contributed by atoms with Gasteiger partial charge >= 0.3 is 0 Å². The van der Waals surface area contributed by atoms with Crippen molar-refractivity contribution in [1.82, 2.24) is 9.55 Å². The first kappa shape index (κ1) is 11.6. The zero-order valence-electron chi connectivity index (χ0n) is 10.3. The van der Waals surface area contributed by atoms with E-state index in [0.29, 0.717) is 21.7 Å². The van der Waals surface area contributed by atoms with Gasteiger partial charge in [-0.1, -0.05) is 6.42 Å². The number of nitrogens with one attached hydrogen (secondary N) is 1. The summed E-state index contributed by atoms with van der Waals surface area (Å²) in [6.07, 6.45) is 4.70. The number of imidazole rings is 1. The molecule has 1 aromatic carbocycles. The highest BCUT2D eigenvalue weighted by Crippen LogP contribution is 2.51. The quantitative estimate of drug-likeness (QED) is 0.771. The molecule has 0 amide bonds. The molecule has 3 unspecified atom stereocenters. The van der Waals surface area contributed by atoms with Crippen molar-refractivity contribution in [3.05, 3.63) is 28.5 Å². The Bertz CT molecular complexity index is 718. The largest absolute Gasteiger partial charge is 0.330 e. The molecule has 2 aliphatic carbocycles. The molecule has 100 valence electrons. The third-order valence-corrected chi connectivity index (χ3v) is 5.10.